The van der Waals surface area contributed by atoms with Crippen LogP contribution in [0.5, 0.6) is 0 Å². The molecule has 0 spiro atoms. The summed E-state index contributed by atoms with van der Waals surface area (Å²) in [5.74, 6) is -1.72. The summed E-state index contributed by atoms with van der Waals surface area (Å²) in [6, 6.07) is 10.9. The summed E-state index contributed by atoms with van der Waals surface area (Å²) in [6.45, 7) is 6.42. The van der Waals surface area contributed by atoms with Gasteiger partial charge < -0.3 is 14.6 Å². The van der Waals surface area contributed by atoms with E-state index in [1.165, 1.54) is 18.3 Å². The van der Waals surface area contributed by atoms with Crippen molar-refractivity contribution in [3.8, 4) is 0 Å². The second-order valence-electron chi connectivity index (χ2n) is 8.92. The third-order valence-electron chi connectivity index (χ3n) is 6.46. The largest absolute Gasteiger partial charge is 0.457 e. The van der Waals surface area contributed by atoms with E-state index in [-0.39, 0.29) is 23.8 Å². The number of thiophene rings is 1. The van der Waals surface area contributed by atoms with Gasteiger partial charge in [-0.25, -0.2) is 0 Å². The summed E-state index contributed by atoms with van der Waals surface area (Å²) in [6.07, 6.45) is 0.548. The van der Waals surface area contributed by atoms with Crippen LogP contribution in [0, 0.1) is 26.7 Å². The van der Waals surface area contributed by atoms with Gasteiger partial charge >= 0.3 is 5.97 Å². The molecule has 7 nitrogen and oxygen atoms in total. The van der Waals surface area contributed by atoms with Crippen LogP contribution in [0.15, 0.2) is 41.8 Å². The Morgan fingerprint density at radius 1 is 1.11 bits per heavy atom. The Bertz CT molecular complexity index is 1270. The molecule has 182 valence electrons. The number of aryl methyl sites for hydroxylation is 2. The number of H-pyrrole nitrogens is 1. The van der Waals surface area contributed by atoms with Crippen LogP contribution in [0.1, 0.15) is 68.4 Å². The van der Waals surface area contributed by atoms with E-state index in [4.69, 9.17) is 4.74 Å². The Morgan fingerprint density at radius 2 is 1.83 bits per heavy atom. The molecule has 35 heavy (non-hydrogen) atoms. The number of carbonyl (C=O) groups is 4. The van der Waals surface area contributed by atoms with E-state index in [1.807, 2.05) is 48.7 Å². The standard InChI is InChI=1S/C27H28N2O5S/c1-15-7-9-19(10-8-15)29-23(32)12-11-20(26(29)22-6-5-13-35-22)27(33)34-14-21(31)25-16(2)24(18(4)30)17(3)28-25/h5-10,13,20,26,28H,11-12,14H2,1-4H3/t20-,26+/m1/s1. The molecule has 0 aliphatic carbocycles. The van der Waals surface area contributed by atoms with Crippen molar-refractivity contribution in [3.05, 3.63) is 74.7 Å². The minimum Gasteiger partial charge on any atom is -0.457 e. The molecule has 0 saturated carbocycles. The maximum atomic E-state index is 13.3. The topological polar surface area (TPSA) is 96.5 Å². The number of rotatable bonds is 7. The molecular weight excluding hydrogens is 464 g/mol. The van der Waals surface area contributed by atoms with Crippen molar-refractivity contribution >= 4 is 40.5 Å². The summed E-state index contributed by atoms with van der Waals surface area (Å²) in [4.78, 5) is 56.5. The van der Waals surface area contributed by atoms with Gasteiger partial charge in [-0.3, -0.25) is 19.2 Å². The van der Waals surface area contributed by atoms with E-state index in [0.717, 1.165) is 16.1 Å². The molecule has 0 bridgehead atoms. The van der Waals surface area contributed by atoms with Crippen LogP contribution in [0.4, 0.5) is 5.69 Å². The van der Waals surface area contributed by atoms with Gasteiger partial charge in [-0.1, -0.05) is 23.8 Å². The van der Waals surface area contributed by atoms with Crippen LogP contribution in [-0.4, -0.2) is 35.0 Å². The average Bonchev–Trinajstić information content (AvgIpc) is 3.45. The monoisotopic (exact) mass is 492 g/mol. The second-order valence-corrected chi connectivity index (χ2v) is 9.90. The highest BCUT2D eigenvalue weighted by Gasteiger charge is 2.43. The molecule has 1 aliphatic rings. The zero-order valence-electron chi connectivity index (χ0n) is 20.2. The number of nitrogens with zero attached hydrogens (tertiary/aromatic N) is 1. The first-order valence-corrected chi connectivity index (χ1v) is 12.4. The average molecular weight is 493 g/mol. The van der Waals surface area contributed by atoms with Crippen molar-refractivity contribution < 1.29 is 23.9 Å². The summed E-state index contributed by atoms with van der Waals surface area (Å²) in [5.41, 5.74) is 3.72. The van der Waals surface area contributed by atoms with Gasteiger partial charge in [-0.15, -0.1) is 11.3 Å². The number of esters is 1. The highest BCUT2D eigenvalue weighted by molar-refractivity contribution is 7.10. The first-order chi connectivity index (χ1) is 16.7. The van der Waals surface area contributed by atoms with Gasteiger partial charge in [0.1, 0.15) is 0 Å². The summed E-state index contributed by atoms with van der Waals surface area (Å²) in [7, 11) is 0. The lowest BCUT2D eigenvalue weighted by molar-refractivity contribution is -0.149. The molecule has 1 saturated heterocycles. The fourth-order valence-corrected chi connectivity index (χ4v) is 5.69. The van der Waals surface area contributed by atoms with Crippen molar-refractivity contribution in [2.24, 2.45) is 5.92 Å². The molecule has 4 rings (SSSR count). The molecular formula is C27H28N2O5S. The van der Waals surface area contributed by atoms with Gasteiger partial charge in [0.2, 0.25) is 11.7 Å². The van der Waals surface area contributed by atoms with Crippen LogP contribution >= 0.6 is 11.3 Å². The first-order valence-electron chi connectivity index (χ1n) is 11.5. The van der Waals surface area contributed by atoms with Gasteiger partial charge in [0, 0.05) is 28.2 Å². The van der Waals surface area contributed by atoms with E-state index in [9.17, 15) is 19.2 Å². The van der Waals surface area contributed by atoms with E-state index in [0.29, 0.717) is 23.2 Å². The number of Topliss-reactive ketones (excluding diaryl/α,β-unsaturated/α-hetero) is 2. The third-order valence-corrected chi connectivity index (χ3v) is 7.40. The Balaban J connectivity index is 1.57. The van der Waals surface area contributed by atoms with E-state index < -0.39 is 30.3 Å². The molecule has 3 aromatic rings. The lowest BCUT2D eigenvalue weighted by Gasteiger charge is -2.39. The number of anilines is 1. The molecule has 1 fully saturated rings. The smallest absolute Gasteiger partial charge is 0.311 e. The SMILES string of the molecule is CC(=O)c1c(C)[nH]c(C(=O)COC(=O)[C@@H]2CCC(=O)N(c3ccc(C)cc3)[C@@H]2c2cccs2)c1C. The van der Waals surface area contributed by atoms with Crippen LogP contribution in [-0.2, 0) is 14.3 Å². The summed E-state index contributed by atoms with van der Waals surface area (Å²) < 4.78 is 5.50. The predicted molar refractivity (Wildman–Crippen MR) is 134 cm³/mol. The van der Waals surface area contributed by atoms with Gasteiger partial charge in [0.05, 0.1) is 17.7 Å². The number of benzene rings is 1. The Labute approximate surface area is 208 Å². The fourth-order valence-electron chi connectivity index (χ4n) is 4.81. The van der Waals surface area contributed by atoms with E-state index >= 15 is 0 Å². The van der Waals surface area contributed by atoms with E-state index in [2.05, 4.69) is 4.98 Å². The number of aromatic nitrogens is 1. The summed E-state index contributed by atoms with van der Waals surface area (Å²) in [5, 5.41) is 1.91. The van der Waals surface area contributed by atoms with Gasteiger partial charge in [0.15, 0.2) is 12.4 Å². The fraction of sp³-hybridized carbons (Fsp3) is 0.333. The molecule has 8 heteroatoms. The second kappa shape index (κ2) is 10.00. The van der Waals surface area contributed by atoms with Crippen LogP contribution in [0.2, 0.25) is 0 Å². The van der Waals surface area contributed by atoms with Crippen LogP contribution in [0.3, 0.4) is 0 Å². The number of carbonyl (C=O) groups excluding carboxylic acids is 4. The highest BCUT2D eigenvalue weighted by Crippen LogP contribution is 2.42. The number of nitrogens with one attached hydrogen (secondary N) is 1. The van der Waals surface area contributed by atoms with Gasteiger partial charge in [-0.2, -0.15) is 0 Å². The highest BCUT2D eigenvalue weighted by atomic mass is 32.1. The van der Waals surface area contributed by atoms with E-state index in [1.54, 1.807) is 18.7 Å². The van der Waals surface area contributed by atoms with Crippen LogP contribution < -0.4 is 4.90 Å². The number of piperidine rings is 1. The molecule has 1 aliphatic heterocycles. The number of ketones is 2. The van der Waals surface area contributed by atoms with Crippen molar-refractivity contribution in [2.75, 3.05) is 11.5 Å². The first kappa shape index (κ1) is 24.6. The zero-order valence-corrected chi connectivity index (χ0v) is 21.0. The Morgan fingerprint density at radius 3 is 2.43 bits per heavy atom. The molecule has 3 heterocycles. The molecule has 1 N–H and O–H groups in total. The number of aromatic amines is 1. The van der Waals surface area contributed by atoms with Gasteiger partial charge in [-0.05, 0) is 63.3 Å². The summed E-state index contributed by atoms with van der Waals surface area (Å²) >= 11 is 1.48. The maximum absolute atomic E-state index is 13.3. The van der Waals surface area contributed by atoms with Crippen LogP contribution in [0.25, 0.3) is 0 Å². The molecule has 0 radical (unpaired) electrons. The minimum absolute atomic E-state index is 0.0540. The molecule has 0 unspecified atom stereocenters. The Kier molecular flexibility index (Phi) is 7.03. The zero-order chi connectivity index (χ0) is 25.3. The minimum atomic E-state index is -0.611. The third kappa shape index (κ3) is 4.84. The lowest BCUT2D eigenvalue weighted by atomic mass is 9.87. The van der Waals surface area contributed by atoms with Crippen molar-refractivity contribution in [3.63, 3.8) is 0 Å². The normalized spacial score (nSPS) is 17.9. The number of hydrogen-bond acceptors (Lipinski definition) is 6. The molecule has 1 amide bonds. The van der Waals surface area contributed by atoms with Gasteiger partial charge in [0.25, 0.3) is 0 Å². The van der Waals surface area contributed by atoms with Crippen molar-refractivity contribution in [2.45, 2.75) is 46.6 Å². The van der Waals surface area contributed by atoms with Crippen molar-refractivity contribution in [1.29, 1.82) is 0 Å². The quantitative estimate of drug-likeness (QED) is 0.365. The molecule has 2 aromatic heterocycles. The molecule has 2 atom stereocenters. The van der Waals surface area contributed by atoms with Crippen molar-refractivity contribution in [1.82, 2.24) is 4.98 Å². The molecule has 1 aromatic carbocycles. The Hall–Kier alpha value is -3.52. The number of hydrogen-bond donors (Lipinski definition) is 1. The predicted octanol–water partition coefficient (Wildman–Crippen LogP) is 5.11. The number of amides is 1. The lowest BCUT2D eigenvalue weighted by Crippen LogP contribution is -2.46. The number of ether oxygens (including phenoxy) is 1. The maximum Gasteiger partial charge on any atom is 0.311 e.